The van der Waals surface area contributed by atoms with Crippen molar-refractivity contribution in [3.63, 3.8) is 0 Å². The van der Waals surface area contributed by atoms with Crippen LogP contribution in [0.2, 0.25) is 0 Å². The molecule has 8 heteroatoms. The van der Waals surface area contributed by atoms with Crippen LogP contribution in [0.4, 0.5) is 4.79 Å². The van der Waals surface area contributed by atoms with E-state index in [-0.39, 0.29) is 6.54 Å². The lowest BCUT2D eigenvalue weighted by Crippen LogP contribution is -2.43. The van der Waals surface area contributed by atoms with Gasteiger partial charge in [0.05, 0.1) is 6.54 Å². The highest BCUT2D eigenvalue weighted by Gasteiger charge is 2.15. The van der Waals surface area contributed by atoms with Gasteiger partial charge in [-0.15, -0.1) is 16.6 Å². The van der Waals surface area contributed by atoms with E-state index in [4.69, 9.17) is 11.5 Å². The van der Waals surface area contributed by atoms with E-state index in [9.17, 15) is 9.59 Å². The highest BCUT2D eigenvalue weighted by molar-refractivity contribution is 5.80. The molecule has 0 aliphatic carbocycles. The summed E-state index contributed by atoms with van der Waals surface area (Å²) >= 11 is 0. The number of terminal acetylenes is 1. The molecule has 0 fully saturated rings. The second kappa shape index (κ2) is 7.00. The van der Waals surface area contributed by atoms with E-state index in [0.717, 1.165) is 10.7 Å². The Balaban J connectivity index is 2.42. The number of rotatable bonds is 6. The predicted molar refractivity (Wildman–Crippen MR) is 66.1 cm³/mol. The Bertz CT molecular complexity index is 491. The molecular formula is C11H15N5O3. The van der Waals surface area contributed by atoms with Gasteiger partial charge in [-0.3, -0.25) is 4.79 Å². The van der Waals surface area contributed by atoms with Gasteiger partial charge < -0.3 is 19.9 Å². The van der Waals surface area contributed by atoms with Crippen LogP contribution in [0.5, 0.6) is 0 Å². The minimum atomic E-state index is -1.11. The average Bonchev–Trinajstić information content (AvgIpc) is 2.74. The number of urea groups is 1. The molecule has 0 spiro atoms. The van der Waals surface area contributed by atoms with Crippen molar-refractivity contribution in [2.75, 3.05) is 19.6 Å². The minimum Gasteiger partial charge on any atom is -0.480 e. The first-order valence-corrected chi connectivity index (χ1v) is 5.55. The van der Waals surface area contributed by atoms with Crippen molar-refractivity contribution >= 4 is 12.0 Å². The monoisotopic (exact) mass is 265 g/mol. The van der Waals surface area contributed by atoms with Gasteiger partial charge in [0.25, 0.3) is 0 Å². The van der Waals surface area contributed by atoms with Crippen LogP contribution in [0.3, 0.4) is 0 Å². The van der Waals surface area contributed by atoms with Crippen LogP contribution in [0.15, 0.2) is 6.33 Å². The molecule has 0 saturated heterocycles. The number of carboxylic acid groups (broad SMARTS) is 1. The largest absolute Gasteiger partial charge is 0.480 e. The van der Waals surface area contributed by atoms with Gasteiger partial charge in [-0.2, -0.15) is 0 Å². The average molecular weight is 265 g/mol. The van der Waals surface area contributed by atoms with Crippen LogP contribution in [0.1, 0.15) is 5.82 Å². The van der Waals surface area contributed by atoms with E-state index >= 15 is 0 Å². The number of aromatic nitrogens is 3. The van der Waals surface area contributed by atoms with Crippen LogP contribution in [-0.2, 0) is 18.3 Å². The van der Waals surface area contributed by atoms with E-state index < -0.39 is 18.5 Å². The summed E-state index contributed by atoms with van der Waals surface area (Å²) in [6.07, 6.45) is 7.14. The van der Waals surface area contributed by atoms with Crippen molar-refractivity contribution in [3.05, 3.63) is 12.2 Å². The molecule has 0 aliphatic heterocycles. The van der Waals surface area contributed by atoms with Gasteiger partial charge in [-0.1, -0.05) is 5.92 Å². The first-order valence-electron chi connectivity index (χ1n) is 5.55. The number of carbonyl (C=O) groups excluding carboxylic acids is 1. The first kappa shape index (κ1) is 14.5. The smallest absolute Gasteiger partial charge is 0.323 e. The number of nitrogens with zero attached hydrogens (tertiary/aromatic N) is 4. The molecule has 0 unspecified atom stereocenters. The molecule has 8 nitrogen and oxygen atoms in total. The standard InChI is InChI=1S/C11H15N5O3/c1-3-6-16(7-10(17)18)11(19)12-5-4-9-14-13-8-15(9)2/h1,8H,4-7H2,2H3,(H,12,19)(H,17,18). The van der Waals surface area contributed by atoms with E-state index in [1.807, 2.05) is 0 Å². The molecule has 0 saturated carbocycles. The number of carboxylic acids is 1. The summed E-state index contributed by atoms with van der Waals surface area (Å²) in [5.41, 5.74) is 0. The minimum absolute atomic E-state index is 0.0535. The predicted octanol–water partition coefficient (Wildman–Crippen LogP) is -0.913. The molecule has 2 N–H and O–H groups in total. The van der Waals surface area contributed by atoms with Crippen molar-refractivity contribution in [3.8, 4) is 12.3 Å². The van der Waals surface area contributed by atoms with Crippen molar-refractivity contribution < 1.29 is 14.7 Å². The molecule has 1 heterocycles. The summed E-state index contributed by atoms with van der Waals surface area (Å²) in [6, 6.07) is -0.512. The van der Waals surface area contributed by atoms with Crippen LogP contribution in [-0.4, -0.2) is 56.4 Å². The molecule has 102 valence electrons. The highest BCUT2D eigenvalue weighted by atomic mass is 16.4. The Morgan fingerprint density at radius 1 is 1.63 bits per heavy atom. The van der Waals surface area contributed by atoms with E-state index in [1.165, 1.54) is 0 Å². The molecule has 1 aromatic heterocycles. The lowest BCUT2D eigenvalue weighted by molar-refractivity contribution is -0.137. The SMILES string of the molecule is C#CCN(CC(=O)O)C(=O)NCCc1nncn1C. The molecule has 0 radical (unpaired) electrons. The Kier molecular flexibility index (Phi) is 5.35. The van der Waals surface area contributed by atoms with Crippen molar-refractivity contribution in [1.29, 1.82) is 0 Å². The molecular weight excluding hydrogens is 250 g/mol. The normalized spacial score (nSPS) is 9.68. The number of hydrogen-bond donors (Lipinski definition) is 2. The van der Waals surface area contributed by atoms with Crippen LogP contribution in [0, 0.1) is 12.3 Å². The summed E-state index contributed by atoms with van der Waals surface area (Å²) in [4.78, 5) is 23.3. The Labute approximate surface area is 110 Å². The fourth-order valence-electron chi connectivity index (χ4n) is 1.40. The number of aliphatic carboxylic acids is 1. The maximum absolute atomic E-state index is 11.7. The first-order chi connectivity index (χ1) is 9.04. The Morgan fingerprint density at radius 3 is 2.89 bits per heavy atom. The topological polar surface area (TPSA) is 100 Å². The van der Waals surface area contributed by atoms with Crippen molar-refractivity contribution in [2.24, 2.45) is 7.05 Å². The summed E-state index contributed by atoms with van der Waals surface area (Å²) < 4.78 is 1.74. The molecule has 2 amide bonds. The maximum atomic E-state index is 11.7. The molecule has 19 heavy (non-hydrogen) atoms. The maximum Gasteiger partial charge on any atom is 0.323 e. The van der Waals surface area contributed by atoms with E-state index in [1.54, 1.807) is 17.9 Å². The fraction of sp³-hybridized carbons (Fsp3) is 0.455. The van der Waals surface area contributed by atoms with Gasteiger partial charge in [0.1, 0.15) is 18.7 Å². The third-order valence-corrected chi connectivity index (χ3v) is 2.33. The Hall–Kier alpha value is -2.56. The number of hydrogen-bond acceptors (Lipinski definition) is 4. The summed E-state index contributed by atoms with van der Waals surface area (Å²) in [7, 11) is 1.80. The number of aryl methyl sites for hydroxylation is 1. The van der Waals surface area contributed by atoms with Crippen LogP contribution >= 0.6 is 0 Å². The van der Waals surface area contributed by atoms with Gasteiger partial charge in [-0.05, 0) is 0 Å². The van der Waals surface area contributed by atoms with Crippen LogP contribution < -0.4 is 5.32 Å². The van der Waals surface area contributed by atoms with E-state index in [2.05, 4.69) is 21.4 Å². The Morgan fingerprint density at radius 2 is 2.37 bits per heavy atom. The molecule has 0 aliphatic rings. The molecule has 0 aromatic carbocycles. The second-order valence-corrected chi connectivity index (χ2v) is 3.79. The van der Waals surface area contributed by atoms with E-state index in [0.29, 0.717) is 13.0 Å². The van der Waals surface area contributed by atoms with Gasteiger partial charge in [0.15, 0.2) is 0 Å². The molecule has 0 atom stereocenters. The zero-order chi connectivity index (χ0) is 14.3. The molecule has 0 bridgehead atoms. The summed E-state index contributed by atoms with van der Waals surface area (Å²) in [5, 5.41) is 18.8. The van der Waals surface area contributed by atoms with Gasteiger partial charge in [0.2, 0.25) is 0 Å². The zero-order valence-electron chi connectivity index (χ0n) is 10.5. The van der Waals surface area contributed by atoms with Gasteiger partial charge >= 0.3 is 12.0 Å². The zero-order valence-corrected chi connectivity index (χ0v) is 10.5. The third-order valence-electron chi connectivity index (χ3n) is 2.33. The number of amides is 2. The number of nitrogens with one attached hydrogen (secondary N) is 1. The highest BCUT2D eigenvalue weighted by Crippen LogP contribution is 1.93. The fourth-order valence-corrected chi connectivity index (χ4v) is 1.40. The van der Waals surface area contributed by atoms with Gasteiger partial charge in [-0.25, -0.2) is 4.79 Å². The molecule has 1 rings (SSSR count). The van der Waals surface area contributed by atoms with Crippen molar-refractivity contribution in [2.45, 2.75) is 6.42 Å². The second-order valence-electron chi connectivity index (χ2n) is 3.79. The molecule has 1 aromatic rings. The van der Waals surface area contributed by atoms with Crippen LogP contribution in [0.25, 0.3) is 0 Å². The summed E-state index contributed by atoms with van der Waals surface area (Å²) in [6.45, 7) is -0.159. The summed E-state index contributed by atoms with van der Waals surface area (Å²) in [5.74, 6) is 1.85. The number of carbonyl (C=O) groups is 2. The lowest BCUT2D eigenvalue weighted by atomic mass is 10.4. The van der Waals surface area contributed by atoms with Gasteiger partial charge in [0, 0.05) is 20.0 Å². The lowest BCUT2D eigenvalue weighted by Gasteiger charge is -2.18. The quantitative estimate of drug-likeness (QED) is 0.648. The van der Waals surface area contributed by atoms with Crippen molar-refractivity contribution in [1.82, 2.24) is 25.0 Å². The third kappa shape index (κ3) is 4.67.